The zero-order valence-corrected chi connectivity index (χ0v) is 10.8. The molecule has 0 saturated carbocycles. The third kappa shape index (κ3) is 4.46. The molecule has 0 heterocycles. The van der Waals surface area contributed by atoms with Gasteiger partial charge in [-0.15, -0.1) is 0 Å². The number of carbonyl (C=O) groups excluding carboxylic acids is 1. The van der Waals surface area contributed by atoms with E-state index < -0.39 is 5.97 Å². The summed E-state index contributed by atoms with van der Waals surface area (Å²) in [7, 11) is 0. The van der Waals surface area contributed by atoms with Crippen LogP contribution in [-0.4, -0.2) is 5.97 Å². The quantitative estimate of drug-likeness (QED) is 0.779. The van der Waals surface area contributed by atoms with Crippen molar-refractivity contribution in [1.29, 1.82) is 0 Å². The van der Waals surface area contributed by atoms with Gasteiger partial charge in [0.25, 0.3) is 0 Å². The van der Waals surface area contributed by atoms with Crippen molar-refractivity contribution in [3.63, 3.8) is 0 Å². The summed E-state index contributed by atoms with van der Waals surface area (Å²) in [4.78, 5) is 11.5. The van der Waals surface area contributed by atoms with Gasteiger partial charge in [0, 0.05) is 6.42 Å². The Bertz CT molecular complexity index is 545. The maximum atomic E-state index is 12.9. The molecule has 20 heavy (non-hydrogen) atoms. The Labute approximate surface area is 116 Å². The number of halogens is 2. The summed E-state index contributed by atoms with van der Waals surface area (Å²) >= 11 is 0. The van der Waals surface area contributed by atoms with Crippen molar-refractivity contribution in [2.75, 3.05) is 0 Å². The number of aryl methyl sites for hydroxylation is 1. The molecule has 0 radical (unpaired) electrons. The van der Waals surface area contributed by atoms with Crippen LogP contribution in [-0.2, 0) is 22.6 Å². The summed E-state index contributed by atoms with van der Waals surface area (Å²) in [6.45, 7) is 0.0414. The molecular weight excluding hydrogens is 262 g/mol. The second kappa shape index (κ2) is 6.80. The van der Waals surface area contributed by atoms with Gasteiger partial charge in [0.1, 0.15) is 18.2 Å². The molecule has 0 aliphatic carbocycles. The largest absolute Gasteiger partial charge is 0.461 e. The number of benzene rings is 2. The van der Waals surface area contributed by atoms with Crippen LogP contribution in [0.25, 0.3) is 0 Å². The summed E-state index contributed by atoms with van der Waals surface area (Å²) in [6.07, 6.45) is 0.582. The third-order valence-electron chi connectivity index (χ3n) is 2.80. The summed E-state index contributed by atoms with van der Waals surface area (Å²) in [5.41, 5.74) is 1.34. The minimum atomic E-state index is -0.390. The molecule has 0 amide bonds. The molecule has 0 aliphatic rings. The van der Waals surface area contributed by atoms with E-state index in [9.17, 15) is 13.6 Å². The topological polar surface area (TPSA) is 26.3 Å². The lowest BCUT2D eigenvalue weighted by atomic mass is 10.1. The van der Waals surface area contributed by atoms with Crippen LogP contribution >= 0.6 is 0 Å². The Kier molecular flexibility index (Phi) is 4.82. The van der Waals surface area contributed by atoms with Crippen LogP contribution in [0.2, 0.25) is 0 Å². The normalized spacial score (nSPS) is 10.3. The Morgan fingerprint density at radius 2 is 1.55 bits per heavy atom. The first kappa shape index (κ1) is 14.2. The lowest BCUT2D eigenvalue weighted by molar-refractivity contribution is -0.144. The molecule has 0 unspecified atom stereocenters. The van der Waals surface area contributed by atoms with Crippen LogP contribution in [0.3, 0.4) is 0 Å². The predicted molar refractivity (Wildman–Crippen MR) is 70.9 cm³/mol. The molecule has 4 heteroatoms. The smallest absolute Gasteiger partial charge is 0.306 e. The fraction of sp³-hybridized carbons (Fsp3) is 0.188. The van der Waals surface area contributed by atoms with E-state index in [1.807, 2.05) is 0 Å². The van der Waals surface area contributed by atoms with Gasteiger partial charge in [-0.25, -0.2) is 8.78 Å². The predicted octanol–water partition coefficient (Wildman–Crippen LogP) is 3.64. The highest BCUT2D eigenvalue weighted by molar-refractivity contribution is 5.69. The second-order valence-corrected chi connectivity index (χ2v) is 4.42. The molecule has 2 rings (SSSR count). The van der Waals surface area contributed by atoms with Gasteiger partial charge in [-0.05, 0) is 41.8 Å². The lowest BCUT2D eigenvalue weighted by Gasteiger charge is -2.05. The molecule has 2 nitrogen and oxygen atoms in total. The van der Waals surface area contributed by atoms with Crippen LogP contribution in [0.4, 0.5) is 8.78 Å². The van der Waals surface area contributed by atoms with E-state index in [2.05, 4.69) is 0 Å². The zero-order chi connectivity index (χ0) is 14.4. The van der Waals surface area contributed by atoms with E-state index >= 15 is 0 Å². The molecule has 0 spiro atoms. The molecule has 0 aromatic heterocycles. The van der Waals surface area contributed by atoms with Gasteiger partial charge in [0.15, 0.2) is 0 Å². The van der Waals surface area contributed by atoms with Crippen LogP contribution in [0, 0.1) is 11.6 Å². The molecule has 2 aromatic rings. The first-order valence-electron chi connectivity index (χ1n) is 6.28. The number of hydrogen-bond donors (Lipinski definition) is 0. The SMILES string of the molecule is O=C(CCc1cccc(F)c1)OCc1cccc(F)c1. The maximum Gasteiger partial charge on any atom is 0.306 e. The van der Waals surface area contributed by atoms with Crippen molar-refractivity contribution in [3.05, 3.63) is 71.3 Å². The van der Waals surface area contributed by atoms with E-state index in [-0.39, 0.29) is 24.7 Å². The van der Waals surface area contributed by atoms with Crippen molar-refractivity contribution >= 4 is 5.97 Å². The lowest BCUT2D eigenvalue weighted by Crippen LogP contribution is -2.06. The maximum absolute atomic E-state index is 12.9. The first-order chi connectivity index (χ1) is 9.63. The highest BCUT2D eigenvalue weighted by Crippen LogP contribution is 2.09. The van der Waals surface area contributed by atoms with Crippen molar-refractivity contribution < 1.29 is 18.3 Å². The van der Waals surface area contributed by atoms with E-state index in [1.165, 1.54) is 24.3 Å². The molecule has 0 bridgehead atoms. The Morgan fingerprint density at radius 1 is 0.950 bits per heavy atom. The average Bonchev–Trinajstić information content (AvgIpc) is 2.43. The fourth-order valence-corrected chi connectivity index (χ4v) is 1.80. The van der Waals surface area contributed by atoms with Crippen LogP contribution < -0.4 is 0 Å². The van der Waals surface area contributed by atoms with E-state index in [0.29, 0.717) is 12.0 Å². The minimum absolute atomic E-state index is 0.0414. The molecule has 0 saturated heterocycles. The van der Waals surface area contributed by atoms with Crippen molar-refractivity contribution in [3.8, 4) is 0 Å². The monoisotopic (exact) mass is 276 g/mol. The van der Waals surface area contributed by atoms with Gasteiger partial charge in [0.2, 0.25) is 0 Å². The van der Waals surface area contributed by atoms with Gasteiger partial charge >= 0.3 is 5.97 Å². The number of rotatable bonds is 5. The van der Waals surface area contributed by atoms with Gasteiger partial charge < -0.3 is 4.74 Å². The number of esters is 1. The number of ether oxygens (including phenoxy) is 1. The summed E-state index contributed by atoms with van der Waals surface area (Å²) in [5, 5.41) is 0. The van der Waals surface area contributed by atoms with E-state index in [1.54, 1.807) is 24.3 Å². The van der Waals surface area contributed by atoms with Gasteiger partial charge in [-0.2, -0.15) is 0 Å². The number of hydrogen-bond acceptors (Lipinski definition) is 2. The summed E-state index contributed by atoms with van der Waals surface area (Å²) in [5.74, 6) is -1.08. The Balaban J connectivity index is 1.78. The minimum Gasteiger partial charge on any atom is -0.461 e. The molecule has 0 aliphatic heterocycles. The zero-order valence-electron chi connectivity index (χ0n) is 10.8. The molecule has 0 atom stereocenters. The summed E-state index contributed by atoms with van der Waals surface area (Å²) < 4.78 is 30.9. The van der Waals surface area contributed by atoms with Crippen LogP contribution in [0.5, 0.6) is 0 Å². The standard InChI is InChI=1S/C16H14F2O2/c17-14-5-1-3-12(9-14)7-8-16(19)20-11-13-4-2-6-15(18)10-13/h1-6,9-10H,7-8,11H2. The van der Waals surface area contributed by atoms with E-state index in [4.69, 9.17) is 4.74 Å². The second-order valence-electron chi connectivity index (χ2n) is 4.42. The molecule has 2 aromatic carbocycles. The summed E-state index contributed by atoms with van der Waals surface area (Å²) in [6, 6.07) is 12.0. The van der Waals surface area contributed by atoms with Crippen molar-refractivity contribution in [2.24, 2.45) is 0 Å². The average molecular weight is 276 g/mol. The van der Waals surface area contributed by atoms with Gasteiger partial charge in [-0.1, -0.05) is 24.3 Å². The Morgan fingerprint density at radius 3 is 2.20 bits per heavy atom. The number of carbonyl (C=O) groups is 1. The molecular formula is C16H14F2O2. The molecule has 104 valence electrons. The molecule has 0 N–H and O–H groups in total. The van der Waals surface area contributed by atoms with Crippen molar-refractivity contribution in [1.82, 2.24) is 0 Å². The highest BCUT2D eigenvalue weighted by Gasteiger charge is 2.05. The van der Waals surface area contributed by atoms with Crippen LogP contribution in [0.15, 0.2) is 48.5 Å². The highest BCUT2D eigenvalue weighted by atomic mass is 19.1. The first-order valence-corrected chi connectivity index (χ1v) is 6.28. The van der Waals surface area contributed by atoms with Crippen LogP contribution in [0.1, 0.15) is 17.5 Å². The Hall–Kier alpha value is -2.23. The van der Waals surface area contributed by atoms with Gasteiger partial charge in [0.05, 0.1) is 0 Å². The van der Waals surface area contributed by atoms with E-state index in [0.717, 1.165) is 5.56 Å². The molecule has 0 fully saturated rings. The fourth-order valence-electron chi connectivity index (χ4n) is 1.80. The van der Waals surface area contributed by atoms with Gasteiger partial charge in [-0.3, -0.25) is 4.79 Å². The van der Waals surface area contributed by atoms with Crippen molar-refractivity contribution in [2.45, 2.75) is 19.4 Å². The third-order valence-corrected chi connectivity index (χ3v) is 2.80.